The normalized spacial score (nSPS) is 14.3. The lowest BCUT2D eigenvalue weighted by Crippen LogP contribution is -2.34. The summed E-state index contributed by atoms with van der Waals surface area (Å²) < 4.78 is 72.9. The molecule has 0 aliphatic carbocycles. The second-order valence-electron chi connectivity index (χ2n) is 9.69. The number of aromatic amines is 1. The number of carbonyl (C=O) groups is 1. The third kappa shape index (κ3) is 5.61. The van der Waals surface area contributed by atoms with Gasteiger partial charge in [-0.05, 0) is 42.0 Å². The second-order valence-corrected chi connectivity index (χ2v) is 12.5. The fourth-order valence-corrected chi connectivity index (χ4v) is 5.01. The molecule has 1 N–H and O–H groups in total. The van der Waals surface area contributed by atoms with E-state index in [-0.39, 0.29) is 22.9 Å². The zero-order chi connectivity index (χ0) is 27.5. The minimum Gasteiger partial charge on any atom is -0.496 e. The van der Waals surface area contributed by atoms with E-state index in [1.54, 1.807) is 12.1 Å². The van der Waals surface area contributed by atoms with Gasteiger partial charge in [0.1, 0.15) is 16.3 Å². The summed E-state index contributed by atoms with van der Waals surface area (Å²) in [6.07, 6.45) is 0.964. The summed E-state index contributed by atoms with van der Waals surface area (Å²) in [5.74, 6) is -0.255. The summed E-state index contributed by atoms with van der Waals surface area (Å²) in [5, 5.41) is 0.152. The highest BCUT2D eigenvalue weighted by molar-refractivity contribution is 8.45. The monoisotopic (exact) mass is 559 g/mol. The van der Waals surface area contributed by atoms with E-state index in [0.717, 1.165) is 17.3 Å². The van der Waals surface area contributed by atoms with E-state index in [2.05, 4.69) is 4.98 Å². The number of methoxy groups -OCH3 is 1. The number of benzene rings is 3. The highest BCUT2D eigenvalue weighted by atomic mass is 35.5. The van der Waals surface area contributed by atoms with Gasteiger partial charge in [0.05, 0.1) is 33.3 Å². The molecule has 0 aliphatic rings. The molecule has 11 heteroatoms. The largest absolute Gasteiger partial charge is 0.496 e. The molecule has 1 heterocycles. The Bertz CT molecular complexity index is 1540. The topological polar surface area (TPSA) is 42.1 Å². The number of fused-ring (bicyclic) bond motifs is 1. The molecule has 0 fully saturated rings. The van der Waals surface area contributed by atoms with Crippen LogP contribution < -0.4 is 9.22 Å². The van der Waals surface area contributed by atoms with Crippen molar-refractivity contribution in [2.45, 2.75) is 11.3 Å². The van der Waals surface area contributed by atoms with Crippen molar-refractivity contribution in [3.63, 3.8) is 0 Å². The van der Waals surface area contributed by atoms with Crippen LogP contribution in [0.2, 0.25) is 5.02 Å². The summed E-state index contributed by atoms with van der Waals surface area (Å²) >= 11 is 6.53. The van der Waals surface area contributed by atoms with Crippen molar-refractivity contribution >= 4 is 44.2 Å². The number of carbonyl (C=O) groups excluding carboxylic acids is 1. The van der Waals surface area contributed by atoms with Crippen molar-refractivity contribution in [2.75, 3.05) is 28.3 Å². The zero-order valence-corrected chi connectivity index (χ0v) is 22.0. The van der Waals surface area contributed by atoms with Crippen molar-refractivity contribution in [1.82, 2.24) is 9.47 Å². The Hall–Kier alpha value is -3.08. The SMILES string of the molecule is COc1cc(Cl)c(-c2cccc([N+](C)(C)C)c2)cc1CC(=O)c1c[nH]c2ccc(S(F)(F)(F)(F)F)cc12. The number of hydrogen-bond donors (Lipinski definition) is 1. The Kier molecular flexibility index (Phi) is 5.98. The Balaban J connectivity index is 1.76. The molecule has 198 valence electrons. The van der Waals surface area contributed by atoms with Gasteiger partial charge in [-0.1, -0.05) is 43.2 Å². The number of ketones is 1. The van der Waals surface area contributed by atoms with E-state index in [0.29, 0.717) is 38.5 Å². The number of aromatic nitrogens is 1. The maximum atomic E-state index is 13.4. The summed E-state index contributed by atoms with van der Waals surface area (Å²) in [6.45, 7) is 0. The molecule has 4 rings (SSSR count). The molecule has 0 radical (unpaired) electrons. The quantitative estimate of drug-likeness (QED) is 0.140. The minimum atomic E-state index is -9.92. The van der Waals surface area contributed by atoms with E-state index >= 15 is 0 Å². The van der Waals surface area contributed by atoms with Crippen LogP contribution in [0, 0.1) is 0 Å². The lowest BCUT2D eigenvalue weighted by atomic mass is 9.97. The molecule has 3 aromatic carbocycles. The highest BCUT2D eigenvalue weighted by Gasteiger charge is 2.65. The molecular weight excluding hydrogens is 535 g/mol. The predicted molar refractivity (Wildman–Crippen MR) is 141 cm³/mol. The average Bonchev–Trinajstić information content (AvgIpc) is 3.21. The molecule has 0 bridgehead atoms. The summed E-state index contributed by atoms with van der Waals surface area (Å²) in [6, 6.07) is 12.5. The number of hydrogen-bond acceptors (Lipinski definition) is 2. The Morgan fingerprint density at radius 1 is 1.00 bits per heavy atom. The molecule has 0 amide bonds. The van der Waals surface area contributed by atoms with Crippen molar-refractivity contribution < 1.29 is 29.0 Å². The second kappa shape index (κ2) is 8.21. The number of ether oxygens (including phenoxy) is 1. The van der Waals surface area contributed by atoms with Crippen molar-refractivity contribution in [3.8, 4) is 16.9 Å². The van der Waals surface area contributed by atoms with Gasteiger partial charge >= 0.3 is 10.2 Å². The molecule has 0 aliphatic heterocycles. The van der Waals surface area contributed by atoms with E-state index in [1.807, 2.05) is 45.4 Å². The van der Waals surface area contributed by atoms with E-state index < -0.39 is 20.9 Å². The third-order valence-corrected chi connectivity index (χ3v) is 7.51. The van der Waals surface area contributed by atoms with E-state index in [1.165, 1.54) is 13.3 Å². The first-order chi connectivity index (χ1) is 16.9. The van der Waals surface area contributed by atoms with Gasteiger partial charge in [-0.2, -0.15) is 0 Å². The van der Waals surface area contributed by atoms with E-state index in [4.69, 9.17) is 16.3 Å². The van der Waals surface area contributed by atoms with Crippen LogP contribution in [0.4, 0.5) is 25.1 Å². The smallest absolute Gasteiger partial charge is 0.310 e. The van der Waals surface area contributed by atoms with Gasteiger partial charge in [0.25, 0.3) is 0 Å². The first-order valence-electron chi connectivity index (χ1n) is 11.0. The van der Waals surface area contributed by atoms with Crippen molar-refractivity contribution in [2.24, 2.45) is 0 Å². The van der Waals surface area contributed by atoms with Crippen LogP contribution in [0.1, 0.15) is 15.9 Å². The van der Waals surface area contributed by atoms with Crippen LogP contribution in [0.5, 0.6) is 5.75 Å². The summed E-state index contributed by atoms with van der Waals surface area (Å²) in [4.78, 5) is 13.9. The number of halogens is 6. The molecule has 37 heavy (non-hydrogen) atoms. The molecule has 4 nitrogen and oxygen atoms in total. The standard InChI is InChI=1S/C26H24ClF5N2O2S/c1-34(2,3)18-7-5-6-16(10-18)20-11-17(26(36-4)14-23(20)27)12-25(35)22-15-33-24-9-8-19(13-21(22)24)37(28,29,30,31)32/h5-11,13-15H,12H2,1-4H3/p+1. The van der Waals surface area contributed by atoms with Crippen molar-refractivity contribution in [3.05, 3.63) is 76.9 Å². The number of H-pyrrole nitrogens is 1. The molecule has 0 saturated heterocycles. The molecule has 0 unspecified atom stereocenters. The third-order valence-electron chi connectivity index (χ3n) is 6.05. The number of quaternary nitrogens is 1. The maximum Gasteiger partial charge on any atom is 0.310 e. The molecule has 0 saturated carbocycles. The predicted octanol–water partition coefficient (Wildman–Crippen LogP) is 8.78. The van der Waals surface area contributed by atoms with Gasteiger partial charge in [0, 0.05) is 46.3 Å². The minimum absolute atomic E-state index is 0.134. The van der Waals surface area contributed by atoms with Gasteiger partial charge in [0.2, 0.25) is 0 Å². The summed E-state index contributed by atoms with van der Waals surface area (Å²) in [7, 11) is -2.47. The van der Waals surface area contributed by atoms with E-state index in [9.17, 15) is 24.2 Å². The molecular formula is C26H25ClF5N2O2S+. The highest BCUT2D eigenvalue weighted by Crippen LogP contribution is 3.02. The molecule has 0 spiro atoms. The average molecular weight is 560 g/mol. The lowest BCUT2D eigenvalue weighted by Gasteiger charge is -2.40. The van der Waals surface area contributed by atoms with Crippen LogP contribution in [0.25, 0.3) is 22.0 Å². The van der Waals surface area contributed by atoms with Crippen LogP contribution >= 0.6 is 21.8 Å². The van der Waals surface area contributed by atoms with Crippen LogP contribution in [0.15, 0.2) is 65.7 Å². The van der Waals surface area contributed by atoms with Gasteiger partial charge in [-0.15, -0.1) is 0 Å². The Morgan fingerprint density at radius 2 is 1.70 bits per heavy atom. The Labute approximate surface area is 215 Å². The lowest BCUT2D eigenvalue weighted by molar-refractivity contribution is 0.0993. The van der Waals surface area contributed by atoms with Gasteiger partial charge in [0.15, 0.2) is 5.78 Å². The maximum absolute atomic E-state index is 13.4. The number of rotatable bonds is 7. The molecule has 0 atom stereocenters. The fourth-order valence-electron chi connectivity index (χ4n) is 4.08. The number of Topliss-reactive ketones (excluding diaryl/α,β-unsaturated/α-hetero) is 1. The molecule has 1 aromatic heterocycles. The van der Waals surface area contributed by atoms with Crippen LogP contribution in [-0.4, -0.2) is 39.0 Å². The Morgan fingerprint density at radius 3 is 2.32 bits per heavy atom. The fraction of sp³-hybridized carbons (Fsp3) is 0.192. The molecule has 4 aromatic rings. The van der Waals surface area contributed by atoms with Crippen molar-refractivity contribution in [1.29, 1.82) is 0 Å². The van der Waals surface area contributed by atoms with Gasteiger partial charge in [-0.3, -0.25) is 9.28 Å². The summed E-state index contributed by atoms with van der Waals surface area (Å²) in [5.41, 5.74) is 2.91. The van der Waals surface area contributed by atoms with Crippen LogP contribution in [0.3, 0.4) is 0 Å². The van der Waals surface area contributed by atoms with Gasteiger partial charge in [-0.25, -0.2) is 0 Å². The zero-order valence-electron chi connectivity index (χ0n) is 20.4. The van der Waals surface area contributed by atoms with Gasteiger partial charge < -0.3 is 9.72 Å². The van der Waals surface area contributed by atoms with Crippen LogP contribution in [-0.2, 0) is 6.42 Å². The first kappa shape index (κ1) is 27.0. The number of nitrogens with zero attached hydrogens (tertiary/aromatic N) is 1. The number of nitrogens with one attached hydrogen (secondary N) is 1. The first-order valence-corrected chi connectivity index (χ1v) is 13.4.